The number of hydrogen-bond acceptors (Lipinski definition) is 6. The number of anilines is 1. The van der Waals surface area contributed by atoms with E-state index in [0.29, 0.717) is 24.5 Å². The fraction of sp³-hybridized carbons (Fsp3) is 0.333. The van der Waals surface area contributed by atoms with E-state index in [2.05, 4.69) is 10.2 Å². The lowest BCUT2D eigenvalue weighted by Gasteiger charge is -2.31. The Kier molecular flexibility index (Phi) is 6.47. The van der Waals surface area contributed by atoms with Crippen LogP contribution in [0.15, 0.2) is 47.4 Å². The molecule has 31 heavy (non-hydrogen) atoms. The van der Waals surface area contributed by atoms with Crippen molar-refractivity contribution in [2.45, 2.75) is 24.2 Å². The molecular weight excluding hydrogens is 456 g/mol. The number of piperidine rings is 1. The van der Waals surface area contributed by atoms with E-state index in [9.17, 15) is 13.2 Å². The van der Waals surface area contributed by atoms with E-state index in [1.807, 2.05) is 18.2 Å². The van der Waals surface area contributed by atoms with Gasteiger partial charge in [-0.05, 0) is 55.2 Å². The van der Waals surface area contributed by atoms with Crippen molar-refractivity contribution in [2.75, 3.05) is 24.5 Å². The molecule has 0 bridgehead atoms. The van der Waals surface area contributed by atoms with Gasteiger partial charge in [-0.2, -0.15) is 0 Å². The van der Waals surface area contributed by atoms with Crippen LogP contribution in [0, 0.1) is 5.92 Å². The molecule has 1 aromatic heterocycles. The van der Waals surface area contributed by atoms with Crippen molar-refractivity contribution in [3.05, 3.63) is 53.1 Å². The molecule has 1 amide bonds. The number of halogens is 1. The largest absolute Gasteiger partial charge is 0.355 e. The Hall–Kier alpha value is -2.20. The van der Waals surface area contributed by atoms with Crippen molar-refractivity contribution < 1.29 is 13.2 Å². The lowest BCUT2D eigenvalue weighted by molar-refractivity contribution is -0.125. The summed E-state index contributed by atoms with van der Waals surface area (Å²) in [6.45, 7) is 2.01. The summed E-state index contributed by atoms with van der Waals surface area (Å²) in [5.41, 5.74) is 1.86. The predicted octanol–water partition coefficient (Wildman–Crippen LogP) is 3.17. The quantitative estimate of drug-likeness (QED) is 0.566. The summed E-state index contributed by atoms with van der Waals surface area (Å²) in [6.07, 6.45) is 2.40. The number of carbonyl (C=O) groups is 1. The summed E-state index contributed by atoms with van der Waals surface area (Å²) in [6, 6.07) is 12.1. The van der Waals surface area contributed by atoms with Gasteiger partial charge in [-0.25, -0.2) is 18.5 Å². The Balaban J connectivity index is 1.32. The number of thiazole rings is 1. The van der Waals surface area contributed by atoms with Crippen LogP contribution in [-0.2, 0) is 21.2 Å². The fourth-order valence-corrected chi connectivity index (χ4v) is 5.50. The molecule has 4 rings (SSSR count). The molecule has 0 radical (unpaired) electrons. The summed E-state index contributed by atoms with van der Waals surface area (Å²) in [5.74, 6) is -0.0517. The molecule has 2 aromatic carbocycles. The van der Waals surface area contributed by atoms with E-state index < -0.39 is 10.0 Å². The number of hydrogen-bond donors (Lipinski definition) is 2. The molecule has 0 unspecified atom stereocenters. The first-order valence-corrected chi connectivity index (χ1v) is 12.7. The van der Waals surface area contributed by atoms with Gasteiger partial charge in [0.2, 0.25) is 15.9 Å². The number of sulfonamides is 1. The lowest BCUT2D eigenvalue weighted by atomic mass is 9.97. The van der Waals surface area contributed by atoms with Gasteiger partial charge in [0, 0.05) is 24.7 Å². The molecule has 3 N–H and O–H groups in total. The SMILES string of the molecule is NS(=O)(=O)c1ccc(CCNC(=O)[C@H]2CCCN(c3nc4ccc(Cl)cc4s3)C2)cc1. The second-order valence-corrected chi connectivity index (χ2v) is 10.6. The van der Waals surface area contributed by atoms with Crippen molar-refractivity contribution in [3.63, 3.8) is 0 Å². The van der Waals surface area contributed by atoms with Crippen LogP contribution in [0.4, 0.5) is 5.13 Å². The van der Waals surface area contributed by atoms with Gasteiger partial charge in [0.05, 0.1) is 21.0 Å². The van der Waals surface area contributed by atoms with E-state index in [-0.39, 0.29) is 16.7 Å². The second kappa shape index (κ2) is 9.12. The van der Waals surface area contributed by atoms with Crippen LogP contribution in [-0.4, -0.2) is 38.9 Å². The Morgan fingerprint density at radius 2 is 2.03 bits per heavy atom. The standard InChI is InChI=1S/C21H23ClN4O3S2/c22-16-5-8-18-19(12-16)30-21(25-18)26-11-1-2-15(13-26)20(27)24-10-9-14-3-6-17(7-4-14)31(23,28)29/h3-8,12,15H,1-2,9-11,13H2,(H,24,27)(H2,23,28,29)/t15-/m0/s1. The maximum absolute atomic E-state index is 12.7. The lowest BCUT2D eigenvalue weighted by Crippen LogP contribution is -2.43. The van der Waals surface area contributed by atoms with Crippen LogP contribution in [0.2, 0.25) is 5.02 Å². The second-order valence-electron chi connectivity index (χ2n) is 7.62. The average molecular weight is 479 g/mol. The average Bonchev–Trinajstić information content (AvgIpc) is 3.17. The van der Waals surface area contributed by atoms with Crippen LogP contribution in [0.3, 0.4) is 0 Å². The smallest absolute Gasteiger partial charge is 0.238 e. The van der Waals surface area contributed by atoms with Gasteiger partial charge >= 0.3 is 0 Å². The molecule has 0 spiro atoms. The first-order valence-electron chi connectivity index (χ1n) is 10.00. The number of nitrogens with one attached hydrogen (secondary N) is 1. The summed E-state index contributed by atoms with van der Waals surface area (Å²) in [5, 5.41) is 9.73. The van der Waals surface area contributed by atoms with Gasteiger partial charge in [-0.1, -0.05) is 35.1 Å². The van der Waals surface area contributed by atoms with Crippen molar-refractivity contribution >= 4 is 54.2 Å². The minimum atomic E-state index is -3.69. The highest BCUT2D eigenvalue weighted by Crippen LogP contribution is 2.33. The van der Waals surface area contributed by atoms with Gasteiger partial charge in [0.1, 0.15) is 0 Å². The Labute approximate surface area is 190 Å². The molecule has 3 aromatic rings. The zero-order valence-corrected chi connectivity index (χ0v) is 19.1. The molecule has 1 aliphatic rings. The molecule has 7 nitrogen and oxygen atoms in total. The Bertz CT molecular complexity index is 1200. The third kappa shape index (κ3) is 5.35. The van der Waals surface area contributed by atoms with Gasteiger partial charge in [-0.15, -0.1) is 0 Å². The maximum atomic E-state index is 12.7. The van der Waals surface area contributed by atoms with Gasteiger partial charge < -0.3 is 10.2 Å². The zero-order valence-electron chi connectivity index (χ0n) is 16.8. The molecule has 2 heterocycles. The maximum Gasteiger partial charge on any atom is 0.238 e. The van der Waals surface area contributed by atoms with Crippen LogP contribution in [0.1, 0.15) is 18.4 Å². The van der Waals surface area contributed by atoms with E-state index in [1.165, 1.54) is 12.1 Å². The number of nitrogens with two attached hydrogens (primary N) is 1. The first-order chi connectivity index (χ1) is 14.8. The zero-order chi connectivity index (χ0) is 22.0. The number of fused-ring (bicyclic) bond motifs is 1. The van der Waals surface area contributed by atoms with Crippen LogP contribution < -0.4 is 15.4 Å². The number of rotatable bonds is 6. The number of carbonyl (C=O) groups excluding carboxylic acids is 1. The normalized spacial score (nSPS) is 17.1. The molecule has 0 aliphatic carbocycles. The summed E-state index contributed by atoms with van der Waals surface area (Å²) >= 11 is 7.68. The first kappa shape index (κ1) is 22.0. The predicted molar refractivity (Wildman–Crippen MR) is 124 cm³/mol. The minimum Gasteiger partial charge on any atom is -0.355 e. The van der Waals surface area contributed by atoms with E-state index >= 15 is 0 Å². The summed E-state index contributed by atoms with van der Waals surface area (Å²) in [7, 11) is -3.69. The molecular formula is C21H23ClN4O3S2. The number of primary sulfonamides is 1. The van der Waals surface area contributed by atoms with Crippen LogP contribution in [0.25, 0.3) is 10.2 Å². The monoisotopic (exact) mass is 478 g/mol. The number of amides is 1. The Morgan fingerprint density at radius 1 is 1.26 bits per heavy atom. The van der Waals surface area contributed by atoms with Gasteiger partial charge in [0.25, 0.3) is 0 Å². The van der Waals surface area contributed by atoms with E-state index in [0.717, 1.165) is 40.3 Å². The van der Waals surface area contributed by atoms with Crippen molar-refractivity contribution in [1.82, 2.24) is 10.3 Å². The fourth-order valence-electron chi connectivity index (χ4n) is 3.71. The molecule has 1 saturated heterocycles. The third-order valence-corrected chi connectivity index (χ3v) is 7.61. The summed E-state index contributed by atoms with van der Waals surface area (Å²) < 4.78 is 23.7. The van der Waals surface area contributed by atoms with Gasteiger partial charge in [-0.3, -0.25) is 4.79 Å². The van der Waals surface area contributed by atoms with Crippen molar-refractivity contribution in [3.8, 4) is 0 Å². The van der Waals surface area contributed by atoms with Crippen molar-refractivity contribution in [1.29, 1.82) is 0 Å². The Morgan fingerprint density at radius 3 is 2.77 bits per heavy atom. The summed E-state index contributed by atoms with van der Waals surface area (Å²) in [4.78, 5) is 19.7. The highest BCUT2D eigenvalue weighted by atomic mass is 35.5. The highest BCUT2D eigenvalue weighted by molar-refractivity contribution is 7.89. The van der Waals surface area contributed by atoms with Crippen LogP contribution in [0.5, 0.6) is 0 Å². The molecule has 164 valence electrons. The van der Waals surface area contributed by atoms with Crippen molar-refractivity contribution in [2.24, 2.45) is 11.1 Å². The number of aromatic nitrogens is 1. The highest BCUT2D eigenvalue weighted by Gasteiger charge is 2.27. The van der Waals surface area contributed by atoms with Crippen LogP contribution >= 0.6 is 22.9 Å². The molecule has 1 fully saturated rings. The number of benzene rings is 2. The molecule has 1 atom stereocenters. The minimum absolute atomic E-state index is 0.0370. The molecule has 10 heteroatoms. The molecule has 0 saturated carbocycles. The van der Waals surface area contributed by atoms with E-state index in [4.69, 9.17) is 21.7 Å². The topological polar surface area (TPSA) is 105 Å². The van der Waals surface area contributed by atoms with Gasteiger partial charge in [0.15, 0.2) is 5.13 Å². The third-order valence-electron chi connectivity index (χ3n) is 5.37. The molecule has 1 aliphatic heterocycles. The number of nitrogens with zero attached hydrogens (tertiary/aromatic N) is 2. The van der Waals surface area contributed by atoms with E-state index in [1.54, 1.807) is 23.5 Å².